The second-order valence-electron chi connectivity index (χ2n) is 1.75. The summed E-state index contributed by atoms with van der Waals surface area (Å²) in [5.74, 6) is -0.538. The summed E-state index contributed by atoms with van der Waals surface area (Å²) in [6.45, 7) is 3.38. The van der Waals surface area contributed by atoms with Gasteiger partial charge in [0.05, 0.1) is 0 Å². The van der Waals surface area contributed by atoms with Gasteiger partial charge < -0.3 is 0 Å². The summed E-state index contributed by atoms with van der Waals surface area (Å²) in [5, 5.41) is 0. The minimum absolute atomic E-state index is 0.234. The van der Waals surface area contributed by atoms with E-state index < -0.39 is 0 Å². The SMILES string of the molecule is CCC(=O)[N]NC(=O)CC. The molecule has 0 heterocycles. The van der Waals surface area contributed by atoms with E-state index in [2.05, 4.69) is 10.9 Å². The molecule has 0 aromatic heterocycles. The van der Waals surface area contributed by atoms with Crippen molar-refractivity contribution in [3.05, 3.63) is 0 Å². The minimum Gasteiger partial charge on any atom is -0.273 e. The fourth-order valence-corrected chi connectivity index (χ4v) is 0.283. The average Bonchev–Trinajstić information content (AvgIpc) is 1.99. The van der Waals surface area contributed by atoms with E-state index in [0.717, 1.165) is 0 Å². The Morgan fingerprint density at radius 3 is 2.30 bits per heavy atom. The molecule has 0 saturated carbocycles. The number of hydrogen-bond donors (Lipinski definition) is 1. The first-order chi connectivity index (χ1) is 4.70. The molecule has 0 saturated heterocycles. The number of amides is 2. The Kier molecular flexibility index (Phi) is 4.28. The van der Waals surface area contributed by atoms with Crippen molar-refractivity contribution in [2.75, 3.05) is 0 Å². The standard InChI is InChI=1S/C6H11N2O2/c1-3-5(9)7-8-6(10)4-2/h3-4H2,1-2H3,(H,7,9). The molecule has 4 nitrogen and oxygen atoms in total. The Bertz CT molecular complexity index is 118. The molecular weight excluding hydrogens is 132 g/mol. The van der Waals surface area contributed by atoms with Crippen molar-refractivity contribution in [3.8, 4) is 0 Å². The molecular formula is C6H11N2O2. The summed E-state index contributed by atoms with van der Waals surface area (Å²) in [6, 6.07) is 0. The highest BCUT2D eigenvalue weighted by Crippen LogP contribution is 1.76. The van der Waals surface area contributed by atoms with Crippen molar-refractivity contribution in [2.24, 2.45) is 0 Å². The third kappa shape index (κ3) is 3.88. The Morgan fingerprint density at radius 1 is 1.30 bits per heavy atom. The van der Waals surface area contributed by atoms with Gasteiger partial charge in [0.15, 0.2) is 0 Å². The van der Waals surface area contributed by atoms with E-state index in [-0.39, 0.29) is 11.8 Å². The summed E-state index contributed by atoms with van der Waals surface area (Å²) < 4.78 is 0. The van der Waals surface area contributed by atoms with Gasteiger partial charge in [-0.3, -0.25) is 9.59 Å². The lowest BCUT2D eigenvalue weighted by molar-refractivity contribution is -0.128. The van der Waals surface area contributed by atoms with Gasteiger partial charge in [0.25, 0.3) is 5.91 Å². The first-order valence-electron chi connectivity index (χ1n) is 3.23. The van der Waals surface area contributed by atoms with Crippen LogP contribution in [0, 0.1) is 0 Å². The van der Waals surface area contributed by atoms with Crippen molar-refractivity contribution in [2.45, 2.75) is 26.7 Å². The van der Waals surface area contributed by atoms with E-state index in [1.807, 2.05) is 0 Å². The van der Waals surface area contributed by atoms with Crippen molar-refractivity contribution in [1.82, 2.24) is 10.9 Å². The topological polar surface area (TPSA) is 60.3 Å². The summed E-state index contributed by atoms with van der Waals surface area (Å²) in [4.78, 5) is 20.9. The van der Waals surface area contributed by atoms with Gasteiger partial charge in [0.1, 0.15) is 0 Å². The van der Waals surface area contributed by atoms with E-state index in [4.69, 9.17) is 0 Å². The highest BCUT2D eigenvalue weighted by molar-refractivity contribution is 5.81. The van der Waals surface area contributed by atoms with Gasteiger partial charge in [0, 0.05) is 12.8 Å². The van der Waals surface area contributed by atoms with Crippen LogP contribution < -0.4 is 10.9 Å². The molecule has 0 rings (SSSR count). The van der Waals surface area contributed by atoms with Crippen molar-refractivity contribution >= 4 is 11.8 Å². The van der Waals surface area contributed by atoms with Crippen molar-refractivity contribution < 1.29 is 9.59 Å². The third-order valence-electron chi connectivity index (χ3n) is 0.929. The van der Waals surface area contributed by atoms with Crippen LogP contribution in [0.1, 0.15) is 26.7 Å². The van der Waals surface area contributed by atoms with Gasteiger partial charge in [-0.25, -0.2) is 5.43 Å². The highest BCUT2D eigenvalue weighted by atomic mass is 16.2. The molecule has 0 aliphatic carbocycles. The lowest BCUT2D eigenvalue weighted by Crippen LogP contribution is -2.34. The Morgan fingerprint density at radius 2 is 1.90 bits per heavy atom. The zero-order valence-corrected chi connectivity index (χ0v) is 6.18. The number of carbonyl (C=O) groups excluding carboxylic acids is 2. The fraction of sp³-hybridized carbons (Fsp3) is 0.667. The van der Waals surface area contributed by atoms with Gasteiger partial charge in [-0.1, -0.05) is 13.8 Å². The molecule has 0 aromatic rings. The average molecular weight is 143 g/mol. The maximum atomic E-state index is 10.5. The van der Waals surface area contributed by atoms with Crippen LogP contribution in [0.4, 0.5) is 0 Å². The summed E-state index contributed by atoms with van der Waals surface area (Å²) >= 11 is 0. The molecule has 0 fully saturated rings. The number of hydrogen-bond acceptors (Lipinski definition) is 2. The first kappa shape index (κ1) is 8.94. The lowest BCUT2D eigenvalue weighted by Gasteiger charge is -1.98. The normalized spacial score (nSPS) is 8.60. The molecule has 10 heavy (non-hydrogen) atoms. The molecule has 57 valence electrons. The van der Waals surface area contributed by atoms with Crippen molar-refractivity contribution in [3.63, 3.8) is 0 Å². The van der Waals surface area contributed by atoms with Crippen LogP contribution in [-0.4, -0.2) is 11.8 Å². The van der Waals surface area contributed by atoms with Crippen LogP contribution in [0.25, 0.3) is 0 Å². The number of nitrogens with one attached hydrogen (secondary N) is 1. The predicted octanol–water partition coefficient (Wildman–Crippen LogP) is -0.0314. The molecule has 1 radical (unpaired) electrons. The summed E-state index contributed by atoms with van der Waals surface area (Å²) in [7, 11) is 0. The second kappa shape index (κ2) is 4.78. The number of carbonyl (C=O) groups is 2. The Hall–Kier alpha value is -1.06. The van der Waals surface area contributed by atoms with E-state index in [0.29, 0.717) is 12.8 Å². The molecule has 0 unspecified atom stereocenters. The van der Waals surface area contributed by atoms with Crippen LogP contribution in [0.5, 0.6) is 0 Å². The maximum Gasteiger partial charge on any atom is 0.262 e. The molecule has 0 aliphatic rings. The molecule has 4 heteroatoms. The van der Waals surface area contributed by atoms with Crippen LogP contribution in [-0.2, 0) is 9.59 Å². The number of nitrogens with zero attached hydrogens (tertiary/aromatic N) is 1. The first-order valence-corrected chi connectivity index (χ1v) is 3.23. The second-order valence-corrected chi connectivity index (χ2v) is 1.75. The number of rotatable bonds is 2. The quantitative estimate of drug-likeness (QED) is 0.552. The van der Waals surface area contributed by atoms with Crippen LogP contribution in [0.2, 0.25) is 0 Å². The molecule has 0 aromatic carbocycles. The van der Waals surface area contributed by atoms with Crippen LogP contribution in [0.3, 0.4) is 0 Å². The van der Waals surface area contributed by atoms with Crippen LogP contribution in [0.15, 0.2) is 0 Å². The third-order valence-corrected chi connectivity index (χ3v) is 0.929. The van der Waals surface area contributed by atoms with Gasteiger partial charge in [0.2, 0.25) is 5.91 Å². The Labute approximate surface area is 60.0 Å². The minimum atomic E-state index is -0.304. The molecule has 0 spiro atoms. The largest absolute Gasteiger partial charge is 0.273 e. The molecule has 0 atom stereocenters. The van der Waals surface area contributed by atoms with E-state index in [9.17, 15) is 9.59 Å². The van der Waals surface area contributed by atoms with E-state index in [1.54, 1.807) is 13.8 Å². The van der Waals surface area contributed by atoms with Gasteiger partial charge >= 0.3 is 0 Å². The molecule has 2 amide bonds. The van der Waals surface area contributed by atoms with E-state index >= 15 is 0 Å². The monoisotopic (exact) mass is 143 g/mol. The zero-order chi connectivity index (χ0) is 7.98. The zero-order valence-electron chi connectivity index (χ0n) is 6.18. The summed E-state index contributed by atoms with van der Waals surface area (Å²) in [5.41, 5.74) is 5.39. The smallest absolute Gasteiger partial charge is 0.262 e. The van der Waals surface area contributed by atoms with Gasteiger partial charge in [-0.05, 0) is 0 Å². The highest BCUT2D eigenvalue weighted by Gasteiger charge is 2.00. The van der Waals surface area contributed by atoms with Gasteiger partial charge in [-0.2, -0.15) is 0 Å². The lowest BCUT2D eigenvalue weighted by atomic mass is 10.4. The van der Waals surface area contributed by atoms with E-state index in [1.165, 1.54) is 0 Å². The van der Waals surface area contributed by atoms with Crippen molar-refractivity contribution in [1.29, 1.82) is 0 Å². The molecule has 1 N–H and O–H groups in total. The maximum absolute atomic E-state index is 10.5. The summed E-state index contributed by atoms with van der Waals surface area (Å²) in [6.07, 6.45) is 0.671. The van der Waals surface area contributed by atoms with Gasteiger partial charge in [-0.15, -0.1) is 5.43 Å². The molecule has 0 aliphatic heterocycles. The molecule has 0 bridgehead atoms. The fourth-order valence-electron chi connectivity index (χ4n) is 0.283. The Balaban J connectivity index is 3.35. The van der Waals surface area contributed by atoms with Crippen LogP contribution >= 0.6 is 0 Å². The predicted molar refractivity (Wildman–Crippen MR) is 35.9 cm³/mol.